The number of anilines is 2. The lowest BCUT2D eigenvalue weighted by Crippen LogP contribution is -2.30. The lowest BCUT2D eigenvalue weighted by atomic mass is 10.1. The average molecular weight is 1790 g/mol. The molecule has 690 valence electrons. The van der Waals surface area contributed by atoms with Gasteiger partial charge in [0.25, 0.3) is 0 Å². The van der Waals surface area contributed by atoms with Crippen molar-refractivity contribution in [2.45, 2.75) is 87.4 Å². The standard InChI is InChI=1S/C14H17N3O4.2C14H19N3O2.2C10H9N3O3.C9H9NO4.C8H7NO4.C5H13NO2.C3H6/c1-4-21-10(2)16-9-8-12(15-16)11-6-5-7-13(17(18)19)14(11)20-3;2*1-4-19-10(2)17-9-8-13(16-17)11-6-5-7-12(15)14(11)18-3;2*1-16-10-7(8-5-6-11-12-8)3-2-4-9(10)13(14)15;1-6(11)7-4-3-5-8(10(12)13)9(7)14-2;1-5(10)6-3-2-4-7(8(6)11)9(12)13;1-6(2)5(7-3)8-4;1-3-2/h5-10H,4H2,1-3H3;2*5-10H,4,15H2,1-3H3;2*2-6H,1H3,(H,11,12);3-5H,1-2H3;2-4,11H,1H3;5H,1-4H3;3H,1H2,2H3. The maximum Gasteiger partial charge on any atom is 0.311 e. The van der Waals surface area contributed by atoms with E-state index >= 15 is 0 Å². The van der Waals surface area contributed by atoms with Gasteiger partial charge in [0.05, 0.1) is 124 Å². The third kappa shape index (κ3) is 30.5. The molecule has 0 saturated carbocycles. The van der Waals surface area contributed by atoms with Gasteiger partial charge in [0.15, 0.2) is 23.1 Å². The van der Waals surface area contributed by atoms with Crippen LogP contribution in [-0.2, 0) is 23.7 Å². The summed E-state index contributed by atoms with van der Waals surface area (Å²) in [5.74, 6) is 0.760. The Bertz CT molecular complexity index is 5300. The molecule has 0 fully saturated rings. The number of benzene rings is 7. The van der Waals surface area contributed by atoms with E-state index in [9.17, 15) is 65.3 Å². The number of allylic oxidation sites excluding steroid dienone is 1. The van der Waals surface area contributed by atoms with Gasteiger partial charge in [0.1, 0.15) is 18.7 Å². The molecular weight excluding hydrogens is 1680 g/mol. The quantitative estimate of drug-likeness (QED) is 0.00697. The summed E-state index contributed by atoms with van der Waals surface area (Å²) in [5.41, 5.74) is 19.5. The highest BCUT2D eigenvalue weighted by Crippen LogP contribution is 2.41. The van der Waals surface area contributed by atoms with Gasteiger partial charge in [-0.05, 0) is 161 Å². The number of nitrogen functional groups attached to an aromatic ring is 2. The number of aromatic hydroxyl groups is 1. The number of ether oxygens (including phenoxy) is 11. The fourth-order valence-electron chi connectivity index (χ4n) is 11.7. The molecule has 5 aromatic heterocycles. The summed E-state index contributed by atoms with van der Waals surface area (Å²) in [6, 6.07) is 42.7. The Morgan fingerprint density at radius 3 is 0.969 bits per heavy atom. The summed E-state index contributed by atoms with van der Waals surface area (Å²) in [7, 11) is 15.7. The van der Waals surface area contributed by atoms with E-state index < -0.39 is 41.8 Å². The van der Waals surface area contributed by atoms with Crippen LogP contribution in [0, 0.1) is 50.6 Å². The van der Waals surface area contributed by atoms with E-state index in [0.717, 1.165) is 28.6 Å². The van der Waals surface area contributed by atoms with E-state index in [4.69, 9.17) is 63.6 Å². The van der Waals surface area contributed by atoms with E-state index in [1.54, 1.807) is 122 Å². The molecule has 7 N–H and O–H groups in total. The first-order valence-corrected chi connectivity index (χ1v) is 39.0. The van der Waals surface area contributed by atoms with Crippen LogP contribution in [0.25, 0.3) is 56.3 Å². The zero-order chi connectivity index (χ0) is 96.1. The number of carbonyl (C=O) groups is 2. The molecule has 0 radical (unpaired) electrons. The highest BCUT2D eigenvalue weighted by molar-refractivity contribution is 5.98. The van der Waals surface area contributed by atoms with Crippen molar-refractivity contribution in [2.24, 2.45) is 0 Å². The number of aromatic nitrogens is 10. The van der Waals surface area contributed by atoms with Crippen LogP contribution in [0.1, 0.15) is 102 Å². The fraction of sp³-hybridized carbons (Fsp3) is 0.299. The van der Waals surface area contributed by atoms with Crippen molar-refractivity contribution >= 4 is 51.4 Å². The van der Waals surface area contributed by atoms with Crippen LogP contribution in [0.5, 0.6) is 40.2 Å². The van der Waals surface area contributed by atoms with E-state index in [1.165, 1.54) is 90.8 Å². The number of carbonyl (C=O) groups excluding carboxylic acids is 2. The topological polar surface area (TPSA) is 538 Å². The van der Waals surface area contributed by atoms with Gasteiger partial charge >= 0.3 is 28.4 Å². The van der Waals surface area contributed by atoms with Crippen LogP contribution in [0.4, 0.5) is 39.8 Å². The molecule has 42 heteroatoms. The van der Waals surface area contributed by atoms with Gasteiger partial charge in [-0.3, -0.25) is 75.3 Å². The number of para-hydroxylation sites is 7. The number of nitro benzene ring substituents is 5. The molecule has 0 spiro atoms. The number of nitrogens with zero attached hydrogens (tertiary/aromatic N) is 14. The highest BCUT2D eigenvalue weighted by atomic mass is 16.7. The van der Waals surface area contributed by atoms with Crippen LogP contribution in [0.2, 0.25) is 0 Å². The zero-order valence-corrected chi connectivity index (χ0v) is 74.9. The SMILES string of the molecule is C=CC.CC(=O)c1cccc([N+](=O)[O-])c1O.CCOC(C)n1ccc(-c2cccc(N)c2OC)n1.CCOC(C)n1ccc(-c2cccc(N)c2OC)n1.CCOC(C)n1ccc(-c2cccc([N+](=O)[O-])c2OC)n1.COC(OC)N(C)C.COc1c(-c2ccn[nH]2)cccc1[N+](=O)[O-].COc1c(-c2ccn[nH]2)cccc1[N+](=O)[O-].COc1c(C(C)=O)cccc1[N+](=O)[O-]. The van der Waals surface area contributed by atoms with Crippen molar-refractivity contribution in [3.8, 4) is 96.5 Å². The predicted molar refractivity (Wildman–Crippen MR) is 483 cm³/mol. The third-order valence-electron chi connectivity index (χ3n) is 17.5. The van der Waals surface area contributed by atoms with Crippen molar-refractivity contribution in [3.05, 3.63) is 263 Å². The molecule has 0 aliphatic rings. The first kappa shape index (κ1) is 106. The van der Waals surface area contributed by atoms with E-state index in [1.807, 2.05) is 128 Å². The van der Waals surface area contributed by atoms with Gasteiger partial charge in [-0.15, -0.1) is 6.58 Å². The Morgan fingerprint density at radius 1 is 0.434 bits per heavy atom. The molecule has 0 bridgehead atoms. The highest BCUT2D eigenvalue weighted by Gasteiger charge is 2.26. The number of ketones is 2. The Labute approximate surface area is 743 Å². The second-order valence-electron chi connectivity index (χ2n) is 26.2. The third-order valence-corrected chi connectivity index (χ3v) is 17.5. The second kappa shape index (κ2) is 54.4. The maximum atomic E-state index is 11.1. The van der Waals surface area contributed by atoms with E-state index in [-0.39, 0.29) is 87.8 Å². The number of hydrogen-bond acceptors (Lipinski definition) is 32. The van der Waals surface area contributed by atoms with Crippen LogP contribution < -0.4 is 39.9 Å². The van der Waals surface area contributed by atoms with E-state index in [2.05, 4.69) is 42.3 Å². The number of aromatic amines is 2. The molecule has 5 heterocycles. The number of rotatable bonds is 30. The molecule has 0 aliphatic carbocycles. The number of hydrogen-bond donors (Lipinski definition) is 5. The molecule has 42 nitrogen and oxygen atoms in total. The minimum atomic E-state index is -0.734. The lowest BCUT2D eigenvalue weighted by molar-refractivity contribution is -0.386. The number of phenols is 1. The van der Waals surface area contributed by atoms with Gasteiger partial charge in [-0.25, -0.2) is 14.0 Å². The van der Waals surface area contributed by atoms with Crippen LogP contribution in [0.3, 0.4) is 0 Å². The van der Waals surface area contributed by atoms with Gasteiger partial charge in [-0.2, -0.15) is 25.5 Å². The van der Waals surface area contributed by atoms with Crippen LogP contribution in [0.15, 0.2) is 201 Å². The summed E-state index contributed by atoms with van der Waals surface area (Å²) < 4.78 is 62.3. The Balaban J connectivity index is 0.000000310. The van der Waals surface area contributed by atoms with E-state index in [0.29, 0.717) is 76.5 Å². The molecule has 0 aliphatic heterocycles. The minimum absolute atomic E-state index is 0.0185. The number of nitrogens with one attached hydrogen (secondary N) is 2. The Kier molecular flexibility index (Phi) is 44.7. The van der Waals surface area contributed by atoms with Crippen LogP contribution in [-0.4, -0.2) is 193 Å². The molecule has 129 heavy (non-hydrogen) atoms. The number of H-pyrrole nitrogens is 2. The van der Waals surface area contributed by atoms with Crippen molar-refractivity contribution < 1.29 is 91.4 Å². The van der Waals surface area contributed by atoms with Gasteiger partial charge in [-0.1, -0.05) is 48.5 Å². The lowest BCUT2D eigenvalue weighted by Gasteiger charge is -2.19. The second-order valence-corrected chi connectivity index (χ2v) is 26.2. The number of Topliss-reactive ketones (excluding diaryl/α,β-unsaturated/α-hetero) is 2. The van der Waals surface area contributed by atoms with Gasteiger partial charge in [0, 0.05) is 118 Å². The number of nitrogens with two attached hydrogens (primary N) is 2. The number of phenolic OH excluding ortho intramolecular Hbond substituents is 1. The molecular formula is C87H108N18O24. The fourth-order valence-corrected chi connectivity index (χ4v) is 11.7. The van der Waals surface area contributed by atoms with Crippen molar-refractivity contribution in [1.29, 1.82) is 0 Å². The Morgan fingerprint density at radius 2 is 0.705 bits per heavy atom. The minimum Gasteiger partial charge on any atom is -0.502 e. The normalized spacial score (nSPS) is 10.9. The summed E-state index contributed by atoms with van der Waals surface area (Å²) in [4.78, 5) is 74.6. The summed E-state index contributed by atoms with van der Waals surface area (Å²) >= 11 is 0. The predicted octanol–water partition coefficient (Wildman–Crippen LogP) is 17.0. The molecule has 12 aromatic rings. The smallest absolute Gasteiger partial charge is 0.311 e. The van der Waals surface area contributed by atoms with Gasteiger partial charge in [0.2, 0.25) is 35.2 Å². The first-order chi connectivity index (χ1) is 61.6. The van der Waals surface area contributed by atoms with Crippen molar-refractivity contribution in [2.75, 3.05) is 102 Å². The molecule has 0 saturated heterocycles. The molecule has 0 amide bonds. The summed E-state index contributed by atoms with van der Waals surface area (Å²) in [5, 5.41) is 89.3. The molecule has 12 rings (SSSR count). The molecule has 3 unspecified atom stereocenters. The summed E-state index contributed by atoms with van der Waals surface area (Å²) in [6.45, 7) is 21.3. The van der Waals surface area contributed by atoms with Crippen molar-refractivity contribution in [3.63, 3.8) is 0 Å². The first-order valence-electron chi connectivity index (χ1n) is 39.0. The molecule has 7 aromatic carbocycles. The van der Waals surface area contributed by atoms with Gasteiger partial charge < -0.3 is 68.7 Å². The largest absolute Gasteiger partial charge is 0.502 e. The maximum absolute atomic E-state index is 11.1. The van der Waals surface area contributed by atoms with Crippen molar-refractivity contribution in [1.82, 2.24) is 54.6 Å². The summed E-state index contributed by atoms with van der Waals surface area (Å²) in [6.07, 6.45) is 9.85. The molecule has 3 atom stereocenters. The average Bonchev–Trinajstić information content (AvgIpc) is 1.73. The number of nitro groups is 5. The Hall–Kier alpha value is -15.4. The zero-order valence-electron chi connectivity index (χ0n) is 74.9. The van der Waals surface area contributed by atoms with Crippen LogP contribution >= 0.6 is 0 Å². The number of methoxy groups -OCH3 is 8. The monoisotopic (exact) mass is 1790 g/mol.